The maximum atomic E-state index is 13.6. The Morgan fingerprint density at radius 2 is 1.41 bits per heavy atom. The van der Waals surface area contributed by atoms with E-state index in [0.717, 1.165) is 15.4 Å². The maximum Gasteiger partial charge on any atom is 0.283 e. The fourth-order valence-corrected chi connectivity index (χ4v) is 4.91. The van der Waals surface area contributed by atoms with E-state index in [0.29, 0.717) is 28.4 Å². The highest BCUT2D eigenvalue weighted by Gasteiger charge is 2.40. The number of hydrogen-bond acceptors (Lipinski definition) is 6. The number of hydrogen-bond donors (Lipinski definition) is 2. The Bertz CT molecular complexity index is 1550. The van der Waals surface area contributed by atoms with Gasteiger partial charge in [0.1, 0.15) is 16.4 Å². The zero-order chi connectivity index (χ0) is 27.4. The van der Waals surface area contributed by atoms with Crippen LogP contribution in [-0.2, 0) is 9.59 Å². The third-order valence-electron chi connectivity index (χ3n) is 6.06. The number of methoxy groups -OCH3 is 1. The SMILES string of the molecule is COc1ccc(N2C(=O)C(Nc3ccc(C)cc3)=C(Sc3ccc(NC(=O)c4ccccc4)cc3)C2=O)cc1. The van der Waals surface area contributed by atoms with Gasteiger partial charge in [0.25, 0.3) is 17.7 Å². The summed E-state index contributed by atoms with van der Waals surface area (Å²) in [7, 11) is 1.55. The molecule has 0 radical (unpaired) electrons. The van der Waals surface area contributed by atoms with Crippen molar-refractivity contribution in [3.63, 3.8) is 0 Å². The van der Waals surface area contributed by atoms with Crippen molar-refractivity contribution in [2.24, 2.45) is 0 Å². The minimum Gasteiger partial charge on any atom is -0.497 e. The van der Waals surface area contributed by atoms with Crippen LogP contribution in [0.3, 0.4) is 0 Å². The molecule has 3 amide bonds. The van der Waals surface area contributed by atoms with Crippen LogP contribution >= 0.6 is 11.8 Å². The standard InChI is InChI=1S/C31H25N3O4S/c1-20-8-10-22(11-9-20)32-27-28(31(37)34(30(27)36)24-14-16-25(38-2)17-15-24)39-26-18-12-23(13-19-26)33-29(35)21-6-4-3-5-7-21/h3-19,32H,1-2H3,(H,33,35). The molecule has 0 spiro atoms. The molecule has 0 atom stereocenters. The number of nitrogens with zero attached hydrogens (tertiary/aromatic N) is 1. The van der Waals surface area contributed by atoms with E-state index in [9.17, 15) is 14.4 Å². The molecular formula is C31H25N3O4S. The predicted molar refractivity (Wildman–Crippen MR) is 154 cm³/mol. The lowest BCUT2D eigenvalue weighted by Crippen LogP contribution is -2.32. The summed E-state index contributed by atoms with van der Waals surface area (Å²) in [5.74, 6) is -0.459. The molecule has 4 aromatic rings. The van der Waals surface area contributed by atoms with Crippen molar-refractivity contribution in [3.8, 4) is 5.75 Å². The van der Waals surface area contributed by atoms with Crippen LogP contribution in [0.25, 0.3) is 0 Å². The second-order valence-corrected chi connectivity index (χ2v) is 9.87. The summed E-state index contributed by atoms with van der Waals surface area (Å²) in [6.07, 6.45) is 0. The number of thioether (sulfide) groups is 1. The maximum absolute atomic E-state index is 13.6. The van der Waals surface area contributed by atoms with Crippen molar-refractivity contribution >= 4 is 46.5 Å². The van der Waals surface area contributed by atoms with Gasteiger partial charge in [0.05, 0.1) is 12.8 Å². The molecule has 0 fully saturated rings. The van der Waals surface area contributed by atoms with Gasteiger partial charge in [0, 0.05) is 21.8 Å². The van der Waals surface area contributed by atoms with Crippen LogP contribution in [0, 0.1) is 6.92 Å². The number of anilines is 3. The number of nitrogens with one attached hydrogen (secondary N) is 2. The van der Waals surface area contributed by atoms with Gasteiger partial charge in [-0.25, -0.2) is 4.90 Å². The Morgan fingerprint density at radius 3 is 2.05 bits per heavy atom. The van der Waals surface area contributed by atoms with Gasteiger partial charge in [-0.05, 0) is 79.7 Å². The quantitative estimate of drug-likeness (QED) is 0.260. The number of imide groups is 1. The number of benzene rings is 4. The number of aryl methyl sites for hydroxylation is 1. The minimum atomic E-state index is -0.444. The fourth-order valence-electron chi connectivity index (χ4n) is 3.98. The molecule has 0 unspecified atom stereocenters. The van der Waals surface area contributed by atoms with E-state index >= 15 is 0 Å². The first-order chi connectivity index (χ1) is 18.9. The molecule has 4 aromatic carbocycles. The zero-order valence-electron chi connectivity index (χ0n) is 21.3. The summed E-state index contributed by atoms with van der Waals surface area (Å²) in [5, 5.41) is 6.03. The van der Waals surface area contributed by atoms with E-state index < -0.39 is 11.8 Å². The molecule has 194 valence electrons. The van der Waals surface area contributed by atoms with Crippen LogP contribution in [0.15, 0.2) is 119 Å². The predicted octanol–water partition coefficient (Wildman–Crippen LogP) is 6.25. The van der Waals surface area contributed by atoms with Gasteiger partial charge in [-0.1, -0.05) is 47.7 Å². The Hall–Kier alpha value is -4.82. The Morgan fingerprint density at radius 1 is 0.769 bits per heavy atom. The summed E-state index contributed by atoms with van der Waals surface area (Å²) < 4.78 is 5.21. The molecule has 1 aliphatic heterocycles. The van der Waals surface area contributed by atoms with E-state index in [4.69, 9.17) is 4.74 Å². The highest BCUT2D eigenvalue weighted by atomic mass is 32.2. The average Bonchev–Trinajstić information content (AvgIpc) is 3.19. The van der Waals surface area contributed by atoms with E-state index in [1.807, 2.05) is 37.3 Å². The third-order valence-corrected chi connectivity index (χ3v) is 7.15. The Kier molecular flexibility index (Phi) is 7.47. The molecule has 0 saturated heterocycles. The van der Waals surface area contributed by atoms with Gasteiger partial charge in [-0.15, -0.1) is 0 Å². The van der Waals surface area contributed by atoms with Gasteiger partial charge in [0.2, 0.25) is 0 Å². The van der Waals surface area contributed by atoms with Crippen LogP contribution in [-0.4, -0.2) is 24.8 Å². The van der Waals surface area contributed by atoms with E-state index in [1.165, 1.54) is 11.8 Å². The molecule has 1 heterocycles. The third kappa shape index (κ3) is 5.71. The lowest BCUT2D eigenvalue weighted by Gasteiger charge is -2.15. The topological polar surface area (TPSA) is 87.7 Å². The second-order valence-electron chi connectivity index (χ2n) is 8.79. The first-order valence-electron chi connectivity index (χ1n) is 12.2. The van der Waals surface area contributed by atoms with Crippen molar-refractivity contribution in [2.45, 2.75) is 11.8 Å². The van der Waals surface area contributed by atoms with Crippen LogP contribution in [0.2, 0.25) is 0 Å². The summed E-state index contributed by atoms with van der Waals surface area (Å²) in [6.45, 7) is 1.98. The smallest absolute Gasteiger partial charge is 0.283 e. The highest BCUT2D eigenvalue weighted by molar-refractivity contribution is 8.04. The second kappa shape index (κ2) is 11.3. The van der Waals surface area contributed by atoms with Gasteiger partial charge in [-0.3, -0.25) is 14.4 Å². The van der Waals surface area contributed by atoms with Crippen LogP contribution < -0.4 is 20.3 Å². The van der Waals surface area contributed by atoms with Gasteiger partial charge >= 0.3 is 0 Å². The van der Waals surface area contributed by atoms with Gasteiger partial charge in [-0.2, -0.15) is 0 Å². The highest BCUT2D eigenvalue weighted by Crippen LogP contribution is 2.38. The van der Waals surface area contributed by atoms with Crippen molar-refractivity contribution in [3.05, 3.63) is 125 Å². The molecule has 1 aliphatic rings. The molecule has 5 rings (SSSR count). The number of rotatable bonds is 8. The fraction of sp³-hybridized carbons (Fsp3) is 0.0645. The van der Waals surface area contributed by atoms with Gasteiger partial charge < -0.3 is 15.4 Å². The molecule has 39 heavy (non-hydrogen) atoms. The molecule has 7 nitrogen and oxygen atoms in total. The first-order valence-corrected chi connectivity index (χ1v) is 13.0. The zero-order valence-corrected chi connectivity index (χ0v) is 22.1. The summed E-state index contributed by atoms with van der Waals surface area (Å²) in [4.78, 5) is 41.8. The largest absolute Gasteiger partial charge is 0.497 e. The lowest BCUT2D eigenvalue weighted by molar-refractivity contribution is -0.120. The Balaban J connectivity index is 1.41. The molecule has 0 bridgehead atoms. The van der Waals surface area contributed by atoms with Crippen LogP contribution in [0.4, 0.5) is 17.1 Å². The molecule has 2 N–H and O–H groups in total. The number of amides is 3. The van der Waals surface area contributed by atoms with Crippen molar-refractivity contribution in [1.29, 1.82) is 0 Å². The summed E-state index contributed by atoms with van der Waals surface area (Å²) >= 11 is 1.19. The first kappa shape index (κ1) is 25.8. The lowest BCUT2D eigenvalue weighted by atomic mass is 10.2. The van der Waals surface area contributed by atoms with Crippen LogP contribution in [0.1, 0.15) is 15.9 Å². The van der Waals surface area contributed by atoms with Crippen LogP contribution in [0.5, 0.6) is 5.75 Å². The van der Waals surface area contributed by atoms with Gasteiger partial charge in [0.15, 0.2) is 0 Å². The average molecular weight is 536 g/mol. The molecule has 0 aromatic heterocycles. The molecular weight excluding hydrogens is 510 g/mol. The summed E-state index contributed by atoms with van der Waals surface area (Å²) in [5.41, 5.74) is 3.60. The van der Waals surface area contributed by atoms with E-state index in [-0.39, 0.29) is 16.5 Å². The van der Waals surface area contributed by atoms with Crippen molar-refractivity contribution in [2.75, 3.05) is 22.6 Å². The molecule has 8 heteroatoms. The van der Waals surface area contributed by atoms with E-state index in [2.05, 4.69) is 10.6 Å². The normalized spacial score (nSPS) is 13.0. The molecule has 0 saturated carbocycles. The minimum absolute atomic E-state index is 0.200. The number of ether oxygens (including phenoxy) is 1. The Labute approximate surface area is 230 Å². The molecule has 0 aliphatic carbocycles. The van der Waals surface area contributed by atoms with E-state index in [1.54, 1.807) is 79.9 Å². The number of carbonyl (C=O) groups is 3. The van der Waals surface area contributed by atoms with Crippen molar-refractivity contribution in [1.82, 2.24) is 0 Å². The van der Waals surface area contributed by atoms with Crippen molar-refractivity contribution < 1.29 is 19.1 Å². The number of carbonyl (C=O) groups excluding carboxylic acids is 3. The monoisotopic (exact) mass is 535 g/mol. The summed E-state index contributed by atoms with van der Waals surface area (Å²) in [6, 6.07) is 30.4.